The molecule has 0 radical (unpaired) electrons. The van der Waals surface area contributed by atoms with Gasteiger partial charge in [-0.3, -0.25) is 14.7 Å². The lowest BCUT2D eigenvalue weighted by Crippen LogP contribution is -2.38. The van der Waals surface area contributed by atoms with Crippen LogP contribution in [0.25, 0.3) is 0 Å². The first-order chi connectivity index (χ1) is 15.2. The lowest BCUT2D eigenvalue weighted by molar-refractivity contribution is -0.131. The van der Waals surface area contributed by atoms with E-state index in [1.807, 2.05) is 24.4 Å². The molecule has 31 heavy (non-hydrogen) atoms. The Morgan fingerprint density at radius 1 is 1.06 bits per heavy atom. The summed E-state index contributed by atoms with van der Waals surface area (Å²) in [7, 11) is 1.67. The zero-order chi connectivity index (χ0) is 21.5. The van der Waals surface area contributed by atoms with Crippen LogP contribution < -0.4 is 4.74 Å². The Morgan fingerprint density at radius 2 is 1.87 bits per heavy atom. The molecular weight excluding hydrogens is 386 g/mol. The van der Waals surface area contributed by atoms with Crippen LogP contribution in [0.4, 0.5) is 0 Å². The van der Waals surface area contributed by atoms with Gasteiger partial charge in [-0.1, -0.05) is 31.0 Å². The second-order valence-corrected chi connectivity index (χ2v) is 9.01. The number of hydrogen-bond acceptors (Lipinski definition) is 4. The molecule has 1 saturated heterocycles. The van der Waals surface area contributed by atoms with Gasteiger partial charge in [0, 0.05) is 50.5 Å². The van der Waals surface area contributed by atoms with Crippen LogP contribution in [-0.4, -0.2) is 60.0 Å². The molecule has 1 saturated carbocycles. The van der Waals surface area contributed by atoms with E-state index < -0.39 is 0 Å². The zero-order valence-electron chi connectivity index (χ0n) is 18.7. The van der Waals surface area contributed by atoms with Crippen LogP contribution in [0.5, 0.6) is 5.75 Å². The third-order valence-electron chi connectivity index (χ3n) is 6.83. The highest BCUT2D eigenvalue weighted by atomic mass is 16.5. The molecule has 1 amide bonds. The molecule has 2 aromatic rings. The molecule has 2 fully saturated rings. The van der Waals surface area contributed by atoms with Crippen LogP contribution in [0, 0.1) is 5.92 Å². The van der Waals surface area contributed by atoms with E-state index in [4.69, 9.17) is 4.74 Å². The molecule has 1 atom stereocenters. The number of nitrogens with zero attached hydrogens (tertiary/aromatic N) is 3. The highest BCUT2D eigenvalue weighted by molar-refractivity contribution is 5.76. The fourth-order valence-electron chi connectivity index (χ4n) is 5.11. The van der Waals surface area contributed by atoms with Crippen LogP contribution in [0.1, 0.15) is 43.4 Å². The number of ether oxygens (including phenoxy) is 1. The van der Waals surface area contributed by atoms with Crippen molar-refractivity contribution in [2.75, 3.05) is 33.3 Å². The second-order valence-electron chi connectivity index (χ2n) is 9.01. The normalized spacial score (nSPS) is 20.5. The minimum absolute atomic E-state index is 0.273. The van der Waals surface area contributed by atoms with Crippen molar-refractivity contribution >= 4 is 5.91 Å². The summed E-state index contributed by atoms with van der Waals surface area (Å²) in [6, 6.07) is 14.9. The predicted molar refractivity (Wildman–Crippen MR) is 123 cm³/mol. The van der Waals surface area contributed by atoms with Gasteiger partial charge in [0.05, 0.1) is 7.11 Å². The lowest BCUT2D eigenvalue weighted by Gasteiger charge is -2.29. The first kappa shape index (κ1) is 21.8. The molecule has 1 aromatic heterocycles. The van der Waals surface area contributed by atoms with Crippen molar-refractivity contribution in [2.24, 2.45) is 5.92 Å². The molecule has 0 N–H and O–H groups in total. The van der Waals surface area contributed by atoms with Crippen molar-refractivity contribution < 1.29 is 9.53 Å². The van der Waals surface area contributed by atoms with Crippen LogP contribution in [0.15, 0.2) is 48.7 Å². The number of carbonyl (C=O) groups is 1. The van der Waals surface area contributed by atoms with Crippen molar-refractivity contribution in [1.82, 2.24) is 14.8 Å². The average Bonchev–Trinajstić information content (AvgIpc) is 3.27. The Hall–Kier alpha value is -2.40. The minimum atomic E-state index is 0.273. The lowest BCUT2D eigenvalue weighted by atomic mass is 10.0. The van der Waals surface area contributed by atoms with Crippen molar-refractivity contribution in [3.05, 3.63) is 59.9 Å². The zero-order valence-corrected chi connectivity index (χ0v) is 18.7. The summed E-state index contributed by atoms with van der Waals surface area (Å²) in [5, 5.41) is 0. The van der Waals surface area contributed by atoms with E-state index >= 15 is 0 Å². The van der Waals surface area contributed by atoms with Gasteiger partial charge >= 0.3 is 0 Å². The van der Waals surface area contributed by atoms with Gasteiger partial charge < -0.3 is 9.64 Å². The number of aromatic nitrogens is 1. The second kappa shape index (κ2) is 10.8. The van der Waals surface area contributed by atoms with Gasteiger partial charge in [0.15, 0.2) is 0 Å². The first-order valence-electron chi connectivity index (χ1n) is 11.8. The van der Waals surface area contributed by atoms with Crippen molar-refractivity contribution in [2.45, 2.75) is 51.0 Å². The van der Waals surface area contributed by atoms with E-state index in [2.05, 4.69) is 39.0 Å². The Balaban J connectivity index is 1.39. The Bertz CT molecular complexity index is 818. The first-order valence-corrected chi connectivity index (χ1v) is 11.8. The van der Waals surface area contributed by atoms with E-state index in [-0.39, 0.29) is 5.91 Å². The number of hydrogen-bond donors (Lipinski definition) is 0. The summed E-state index contributed by atoms with van der Waals surface area (Å²) in [6.07, 6.45) is 9.45. The number of carbonyl (C=O) groups excluding carboxylic acids is 1. The smallest absolute Gasteiger partial charge is 0.222 e. The van der Waals surface area contributed by atoms with E-state index in [0.717, 1.165) is 50.5 Å². The maximum atomic E-state index is 13.1. The van der Waals surface area contributed by atoms with Crippen LogP contribution in [0.2, 0.25) is 0 Å². The standard InChI is InChI=1S/C26H35N3O2/c1-31-25-12-9-21(10-13-25)11-14-26(30)29-17-16-28(24-7-2-3-8-24)19-22(20-29)18-23-6-4-5-15-27-23/h4-6,9-10,12-13,15,22,24H,2-3,7-8,11,14,16-20H2,1H3. The number of amides is 1. The van der Waals surface area contributed by atoms with E-state index in [9.17, 15) is 4.79 Å². The van der Waals surface area contributed by atoms with E-state index in [0.29, 0.717) is 18.4 Å². The fraction of sp³-hybridized carbons (Fsp3) is 0.538. The Kier molecular flexibility index (Phi) is 7.57. The Morgan fingerprint density at radius 3 is 2.58 bits per heavy atom. The van der Waals surface area contributed by atoms with Crippen molar-refractivity contribution in [3.63, 3.8) is 0 Å². The minimum Gasteiger partial charge on any atom is -0.497 e. The quantitative estimate of drug-likeness (QED) is 0.679. The van der Waals surface area contributed by atoms with Crippen LogP contribution >= 0.6 is 0 Å². The molecular formula is C26H35N3O2. The third-order valence-corrected chi connectivity index (χ3v) is 6.83. The maximum Gasteiger partial charge on any atom is 0.222 e. The monoisotopic (exact) mass is 421 g/mol. The molecule has 1 aromatic carbocycles. The molecule has 5 heteroatoms. The van der Waals surface area contributed by atoms with E-state index in [1.54, 1.807) is 7.11 Å². The summed E-state index contributed by atoms with van der Waals surface area (Å²) < 4.78 is 5.23. The summed E-state index contributed by atoms with van der Waals surface area (Å²) in [6.45, 7) is 3.75. The molecule has 2 aliphatic rings. The fourth-order valence-corrected chi connectivity index (χ4v) is 5.11. The number of benzene rings is 1. The highest BCUT2D eigenvalue weighted by Gasteiger charge is 2.30. The van der Waals surface area contributed by atoms with Gasteiger partial charge in [-0.05, 0) is 61.4 Å². The summed E-state index contributed by atoms with van der Waals surface area (Å²) in [5.41, 5.74) is 2.31. The summed E-state index contributed by atoms with van der Waals surface area (Å²) >= 11 is 0. The largest absolute Gasteiger partial charge is 0.497 e. The number of aryl methyl sites for hydroxylation is 1. The van der Waals surface area contributed by atoms with Crippen molar-refractivity contribution in [3.8, 4) is 5.75 Å². The molecule has 2 heterocycles. The van der Waals surface area contributed by atoms with Gasteiger partial charge in [0.1, 0.15) is 5.75 Å². The molecule has 5 nitrogen and oxygen atoms in total. The van der Waals surface area contributed by atoms with Crippen LogP contribution in [0.3, 0.4) is 0 Å². The topological polar surface area (TPSA) is 45.7 Å². The number of pyridine rings is 1. The molecule has 166 valence electrons. The molecule has 1 aliphatic carbocycles. The maximum absolute atomic E-state index is 13.1. The average molecular weight is 422 g/mol. The summed E-state index contributed by atoms with van der Waals surface area (Å²) in [4.78, 5) is 22.5. The van der Waals surface area contributed by atoms with Gasteiger partial charge in [-0.2, -0.15) is 0 Å². The number of methoxy groups -OCH3 is 1. The van der Waals surface area contributed by atoms with Gasteiger partial charge in [0.25, 0.3) is 0 Å². The van der Waals surface area contributed by atoms with Crippen LogP contribution in [-0.2, 0) is 17.6 Å². The third kappa shape index (κ3) is 6.07. The van der Waals surface area contributed by atoms with Crippen molar-refractivity contribution in [1.29, 1.82) is 0 Å². The molecule has 0 bridgehead atoms. The van der Waals surface area contributed by atoms with Gasteiger partial charge in [-0.15, -0.1) is 0 Å². The number of rotatable bonds is 7. The van der Waals surface area contributed by atoms with Gasteiger partial charge in [0.2, 0.25) is 5.91 Å². The van der Waals surface area contributed by atoms with E-state index in [1.165, 1.54) is 31.2 Å². The molecule has 1 unspecified atom stereocenters. The molecule has 0 spiro atoms. The van der Waals surface area contributed by atoms with Gasteiger partial charge in [-0.25, -0.2) is 0 Å². The highest BCUT2D eigenvalue weighted by Crippen LogP contribution is 2.26. The molecule has 4 rings (SSSR count). The Labute approximate surface area is 186 Å². The summed E-state index contributed by atoms with van der Waals surface area (Å²) in [5.74, 6) is 1.56. The molecule has 1 aliphatic heterocycles. The SMILES string of the molecule is COc1ccc(CCC(=O)N2CCN(C3CCCC3)CC(Cc3ccccn3)C2)cc1. The predicted octanol–water partition coefficient (Wildman–Crippen LogP) is 3.97.